The Morgan fingerprint density at radius 2 is 0.964 bits per heavy atom. The molecule has 9 nitrogen and oxygen atoms in total. The molecule has 0 atom stereocenters. The van der Waals surface area contributed by atoms with E-state index >= 15 is 0 Å². The summed E-state index contributed by atoms with van der Waals surface area (Å²) >= 11 is 3.35. The molecule has 10 rings (SSSR count). The standard InChI is InChI=1S/C44H36N2O7S2/c47-29-23-37(52-41(25-29)45-13-17-49-18-14-45)31-9-11-35(43-33(31)21-27-5-1-3-7-39(27)54-43)51-36-12-10-32(34-22-28-6-2-4-8-40(28)55-44(34)36)38-24-30(48)26-42(53-38)46-15-19-50-20-16-46/h1-12,23-26H,13-22H2. The number of hydrogen-bond donors (Lipinski definition) is 0. The Morgan fingerprint density at radius 3 is 1.42 bits per heavy atom. The third kappa shape index (κ3) is 6.65. The predicted molar refractivity (Wildman–Crippen MR) is 214 cm³/mol. The number of fused-ring (bicyclic) bond motifs is 4. The quantitative estimate of drug-likeness (QED) is 0.163. The molecule has 0 radical (unpaired) electrons. The van der Waals surface area contributed by atoms with Crippen LogP contribution in [0.2, 0.25) is 0 Å². The highest BCUT2D eigenvalue weighted by molar-refractivity contribution is 8.00. The molecule has 55 heavy (non-hydrogen) atoms. The Labute approximate surface area is 325 Å². The SMILES string of the molecule is O=c1cc(-c2ccc(Oc3ccc(-c4cc(=O)cc(N5CCOCC5)o4)c4c3Sc3ccccc3C4)c3c2Cc2ccccc2S3)oc(N2CCOCC2)c1. The Bertz CT molecular complexity index is 2400. The minimum Gasteiger partial charge on any atom is -0.455 e. The molecule has 4 aromatic carbocycles. The van der Waals surface area contributed by atoms with Crippen molar-refractivity contribution in [3.05, 3.63) is 140 Å². The summed E-state index contributed by atoms with van der Waals surface area (Å²) in [6, 6.07) is 31.1. The van der Waals surface area contributed by atoms with Gasteiger partial charge in [0.15, 0.2) is 22.6 Å². The minimum atomic E-state index is -0.101. The number of hydrogen-bond acceptors (Lipinski definition) is 11. The van der Waals surface area contributed by atoms with E-state index in [1.54, 1.807) is 47.8 Å². The van der Waals surface area contributed by atoms with Gasteiger partial charge in [-0.15, -0.1) is 0 Å². The van der Waals surface area contributed by atoms with Crippen molar-refractivity contribution in [2.75, 3.05) is 62.4 Å². The highest BCUT2D eigenvalue weighted by atomic mass is 32.2. The lowest BCUT2D eigenvalue weighted by atomic mass is 9.96. The van der Waals surface area contributed by atoms with Crippen LogP contribution in [0.1, 0.15) is 22.3 Å². The van der Waals surface area contributed by atoms with Gasteiger partial charge in [0.05, 0.1) is 36.2 Å². The maximum absolute atomic E-state index is 13.1. The molecule has 2 fully saturated rings. The molecule has 0 saturated carbocycles. The van der Waals surface area contributed by atoms with Crippen LogP contribution in [0, 0.1) is 0 Å². The zero-order valence-electron chi connectivity index (χ0n) is 29.9. The van der Waals surface area contributed by atoms with Crippen LogP contribution in [0.25, 0.3) is 22.6 Å². The number of anilines is 2. The largest absolute Gasteiger partial charge is 0.455 e. The van der Waals surface area contributed by atoms with Crippen molar-refractivity contribution in [3.8, 4) is 34.1 Å². The van der Waals surface area contributed by atoms with Crippen LogP contribution in [0.4, 0.5) is 11.8 Å². The molecule has 6 aromatic rings. The first kappa shape index (κ1) is 34.3. The van der Waals surface area contributed by atoms with Gasteiger partial charge in [-0.3, -0.25) is 9.59 Å². The van der Waals surface area contributed by atoms with E-state index in [9.17, 15) is 9.59 Å². The molecule has 0 aliphatic carbocycles. The highest BCUT2D eigenvalue weighted by Crippen LogP contribution is 2.52. The molecule has 0 bridgehead atoms. The van der Waals surface area contributed by atoms with Crippen molar-refractivity contribution in [1.82, 2.24) is 0 Å². The third-order valence-electron chi connectivity index (χ3n) is 10.5. The summed E-state index contributed by atoms with van der Waals surface area (Å²) in [4.78, 5) is 34.6. The maximum Gasteiger partial charge on any atom is 0.200 e. The summed E-state index contributed by atoms with van der Waals surface area (Å²) in [6.07, 6.45) is 1.32. The van der Waals surface area contributed by atoms with Crippen LogP contribution in [0.5, 0.6) is 11.5 Å². The van der Waals surface area contributed by atoms with E-state index in [2.05, 4.69) is 58.3 Å². The van der Waals surface area contributed by atoms with Crippen LogP contribution in [0.3, 0.4) is 0 Å². The number of nitrogens with zero attached hydrogens (tertiary/aromatic N) is 2. The fourth-order valence-electron chi connectivity index (χ4n) is 7.70. The number of benzene rings is 4. The van der Waals surface area contributed by atoms with E-state index in [0.717, 1.165) is 53.3 Å². The molecule has 0 unspecified atom stereocenters. The molecule has 4 aliphatic heterocycles. The Hall–Kier alpha value is -5.20. The summed E-state index contributed by atoms with van der Waals surface area (Å²) in [5.41, 5.74) is 6.05. The molecular formula is C44H36N2O7S2. The lowest BCUT2D eigenvalue weighted by Crippen LogP contribution is -2.36. The van der Waals surface area contributed by atoms with Gasteiger partial charge in [-0.1, -0.05) is 59.9 Å². The van der Waals surface area contributed by atoms with Crippen LogP contribution >= 0.6 is 23.5 Å². The predicted octanol–water partition coefficient (Wildman–Crippen LogP) is 8.50. The first-order valence-electron chi connectivity index (χ1n) is 18.5. The number of rotatable bonds is 6. The first-order valence-corrected chi connectivity index (χ1v) is 20.1. The molecule has 276 valence electrons. The summed E-state index contributed by atoms with van der Waals surface area (Å²) < 4.78 is 31.1. The average molecular weight is 769 g/mol. The van der Waals surface area contributed by atoms with Crippen molar-refractivity contribution >= 4 is 35.3 Å². The smallest absolute Gasteiger partial charge is 0.200 e. The van der Waals surface area contributed by atoms with Crippen LogP contribution in [-0.2, 0) is 22.3 Å². The van der Waals surface area contributed by atoms with E-state index in [-0.39, 0.29) is 10.9 Å². The van der Waals surface area contributed by atoms with E-state index in [1.165, 1.54) is 11.1 Å². The molecule has 0 spiro atoms. The lowest BCUT2D eigenvalue weighted by Gasteiger charge is -2.28. The molecule has 11 heteroatoms. The highest BCUT2D eigenvalue weighted by Gasteiger charge is 2.29. The summed E-state index contributed by atoms with van der Waals surface area (Å²) in [5, 5.41) is 0. The summed E-state index contributed by atoms with van der Waals surface area (Å²) in [6.45, 7) is 5.02. The van der Waals surface area contributed by atoms with Crippen molar-refractivity contribution < 1.29 is 23.0 Å². The second kappa shape index (κ2) is 14.5. The first-order chi connectivity index (χ1) is 27.0. The molecule has 0 N–H and O–H groups in total. The van der Waals surface area contributed by atoms with Gasteiger partial charge < -0.3 is 32.8 Å². The van der Waals surface area contributed by atoms with E-state index < -0.39 is 0 Å². The minimum absolute atomic E-state index is 0.101. The van der Waals surface area contributed by atoms with Crippen LogP contribution < -0.4 is 25.4 Å². The van der Waals surface area contributed by atoms with Gasteiger partial charge >= 0.3 is 0 Å². The molecule has 4 aliphatic rings. The van der Waals surface area contributed by atoms with E-state index in [0.29, 0.717) is 88.7 Å². The second-order valence-electron chi connectivity index (χ2n) is 13.9. The van der Waals surface area contributed by atoms with Crippen molar-refractivity contribution in [3.63, 3.8) is 0 Å². The Morgan fingerprint density at radius 1 is 0.527 bits per heavy atom. The van der Waals surface area contributed by atoms with Gasteiger partial charge in [-0.25, -0.2) is 0 Å². The lowest BCUT2D eigenvalue weighted by molar-refractivity contribution is 0.120. The Balaban J connectivity index is 1.08. The zero-order valence-corrected chi connectivity index (χ0v) is 31.5. The molecular weight excluding hydrogens is 733 g/mol. The van der Waals surface area contributed by atoms with Gasteiger partial charge in [-0.05, 0) is 58.7 Å². The van der Waals surface area contributed by atoms with Crippen molar-refractivity contribution in [2.45, 2.75) is 32.4 Å². The van der Waals surface area contributed by atoms with E-state index in [1.807, 2.05) is 24.3 Å². The van der Waals surface area contributed by atoms with Crippen molar-refractivity contribution in [2.24, 2.45) is 0 Å². The topological polar surface area (TPSA) is 94.6 Å². The third-order valence-corrected chi connectivity index (χ3v) is 13.0. The zero-order chi connectivity index (χ0) is 36.9. The number of morpholine rings is 2. The van der Waals surface area contributed by atoms with Gasteiger partial charge in [0, 0.05) is 84.2 Å². The maximum atomic E-state index is 13.1. The molecule has 2 aromatic heterocycles. The fraction of sp³-hybridized carbons (Fsp3) is 0.227. The fourth-order valence-corrected chi connectivity index (χ4v) is 10.0. The van der Waals surface area contributed by atoms with Crippen molar-refractivity contribution in [1.29, 1.82) is 0 Å². The summed E-state index contributed by atoms with van der Waals surface area (Å²) in [5.74, 6) is 3.62. The van der Waals surface area contributed by atoms with Gasteiger partial charge in [0.1, 0.15) is 23.0 Å². The molecule has 2 saturated heterocycles. The van der Waals surface area contributed by atoms with Gasteiger partial charge in [0.25, 0.3) is 0 Å². The normalized spacial score (nSPS) is 16.1. The average Bonchev–Trinajstić information content (AvgIpc) is 3.22. The Kier molecular flexibility index (Phi) is 9.02. The van der Waals surface area contributed by atoms with E-state index in [4.69, 9.17) is 23.0 Å². The van der Waals surface area contributed by atoms with Gasteiger partial charge in [-0.2, -0.15) is 0 Å². The molecule has 0 amide bonds. The number of ether oxygens (including phenoxy) is 3. The monoisotopic (exact) mass is 768 g/mol. The summed E-state index contributed by atoms with van der Waals surface area (Å²) in [7, 11) is 0. The second-order valence-corrected chi connectivity index (χ2v) is 16.0. The van der Waals surface area contributed by atoms with Crippen LogP contribution in [-0.4, -0.2) is 52.6 Å². The molecule has 6 heterocycles. The van der Waals surface area contributed by atoms with Crippen LogP contribution in [0.15, 0.2) is 135 Å². The van der Waals surface area contributed by atoms with Gasteiger partial charge in [0.2, 0.25) is 0 Å².